The number of hydrogen-bond donors (Lipinski definition) is 2. The molecule has 0 aromatic heterocycles. The van der Waals surface area contributed by atoms with Crippen molar-refractivity contribution < 1.29 is 5.11 Å². The maximum atomic E-state index is 8.78. The van der Waals surface area contributed by atoms with Crippen LogP contribution in [0.15, 0.2) is 24.2 Å². The van der Waals surface area contributed by atoms with Crippen molar-refractivity contribution in [3.63, 3.8) is 0 Å². The van der Waals surface area contributed by atoms with E-state index in [1.54, 1.807) is 19.2 Å². The highest BCUT2D eigenvalue weighted by Gasteiger charge is 1.78. The van der Waals surface area contributed by atoms with Crippen molar-refractivity contribution in [3.8, 4) is 0 Å². The quantitative estimate of drug-likeness (QED) is 0.568. The van der Waals surface area contributed by atoms with Crippen LogP contribution in [-0.4, -0.2) is 5.11 Å². The lowest BCUT2D eigenvalue weighted by Gasteiger charge is -1.94. The molecule has 2 N–H and O–H groups in total. The van der Waals surface area contributed by atoms with E-state index in [1.807, 2.05) is 13.0 Å². The van der Waals surface area contributed by atoms with Gasteiger partial charge in [0.2, 0.25) is 0 Å². The molecule has 2 nitrogen and oxygen atoms in total. The summed E-state index contributed by atoms with van der Waals surface area (Å²) in [6, 6.07) is 0. The van der Waals surface area contributed by atoms with Gasteiger partial charge in [0.15, 0.2) is 5.88 Å². The molecule has 0 amide bonds. The average Bonchev–Trinajstić information content (AvgIpc) is 1.89. The fraction of sp³-hybridized carbons (Fsp3) is 0.429. The molecular formula is C7H13NO. The molecular weight excluding hydrogens is 114 g/mol. The number of allylic oxidation sites excluding steroid dienone is 2. The van der Waals surface area contributed by atoms with E-state index in [-0.39, 0.29) is 5.88 Å². The van der Waals surface area contributed by atoms with E-state index >= 15 is 0 Å². The van der Waals surface area contributed by atoms with E-state index in [0.717, 1.165) is 6.42 Å². The third-order valence-electron chi connectivity index (χ3n) is 0.858. The fourth-order valence-corrected chi connectivity index (χ4v) is 0.345. The molecule has 0 unspecified atom stereocenters. The predicted octanol–water partition coefficient (Wildman–Crippen LogP) is 1.92. The number of rotatable bonds is 3. The lowest BCUT2D eigenvalue weighted by Crippen LogP contribution is -2.02. The van der Waals surface area contributed by atoms with Crippen molar-refractivity contribution in [1.29, 1.82) is 0 Å². The van der Waals surface area contributed by atoms with Gasteiger partial charge in [0.05, 0.1) is 0 Å². The third-order valence-corrected chi connectivity index (χ3v) is 0.858. The van der Waals surface area contributed by atoms with Crippen LogP contribution in [0, 0.1) is 0 Å². The highest BCUT2D eigenvalue weighted by atomic mass is 16.3. The Morgan fingerprint density at radius 3 is 2.78 bits per heavy atom. The fourth-order valence-electron chi connectivity index (χ4n) is 0.345. The monoisotopic (exact) mass is 127 g/mol. The first kappa shape index (κ1) is 8.08. The van der Waals surface area contributed by atoms with Gasteiger partial charge in [-0.1, -0.05) is 13.0 Å². The Morgan fingerprint density at radius 2 is 2.33 bits per heavy atom. The van der Waals surface area contributed by atoms with E-state index in [0.29, 0.717) is 0 Å². The van der Waals surface area contributed by atoms with Crippen LogP contribution in [0.25, 0.3) is 0 Å². The van der Waals surface area contributed by atoms with Gasteiger partial charge in [0.1, 0.15) is 0 Å². The molecule has 0 fully saturated rings. The van der Waals surface area contributed by atoms with Gasteiger partial charge in [-0.3, -0.25) is 0 Å². The summed E-state index contributed by atoms with van der Waals surface area (Å²) in [4.78, 5) is 0. The molecule has 0 rings (SSSR count). The second-order valence-electron chi connectivity index (χ2n) is 1.63. The topological polar surface area (TPSA) is 32.3 Å². The minimum atomic E-state index is 0.194. The number of hydrogen-bond acceptors (Lipinski definition) is 2. The molecule has 2 heteroatoms. The van der Waals surface area contributed by atoms with Crippen molar-refractivity contribution in [3.05, 3.63) is 24.2 Å². The molecule has 0 aliphatic heterocycles. The second-order valence-corrected chi connectivity index (χ2v) is 1.63. The Kier molecular flexibility index (Phi) is 4.69. The van der Waals surface area contributed by atoms with Gasteiger partial charge in [0.25, 0.3) is 0 Å². The van der Waals surface area contributed by atoms with Gasteiger partial charge < -0.3 is 10.4 Å². The van der Waals surface area contributed by atoms with Gasteiger partial charge in [-0.15, -0.1) is 0 Å². The van der Waals surface area contributed by atoms with Crippen LogP contribution in [0.2, 0.25) is 0 Å². The molecule has 0 aromatic rings. The van der Waals surface area contributed by atoms with Crippen LogP contribution >= 0.6 is 0 Å². The Balaban J connectivity index is 3.38. The molecule has 0 saturated heterocycles. The average molecular weight is 127 g/mol. The Bertz CT molecular complexity index is 116. The molecule has 0 aromatic carbocycles. The number of aliphatic hydroxyl groups is 1. The first-order chi connectivity index (χ1) is 4.31. The van der Waals surface area contributed by atoms with E-state index < -0.39 is 0 Å². The van der Waals surface area contributed by atoms with E-state index in [4.69, 9.17) is 5.11 Å². The Hall–Kier alpha value is -0.920. The molecule has 0 atom stereocenters. The molecule has 0 heterocycles. The summed E-state index contributed by atoms with van der Waals surface area (Å²) < 4.78 is 0. The molecule has 0 aliphatic rings. The first-order valence-corrected chi connectivity index (χ1v) is 3.08. The second kappa shape index (κ2) is 5.22. The summed E-state index contributed by atoms with van der Waals surface area (Å²) in [7, 11) is 0. The molecule has 0 spiro atoms. The minimum absolute atomic E-state index is 0.194. The molecule has 0 radical (unpaired) electrons. The lowest BCUT2D eigenvalue weighted by molar-refractivity contribution is 0.381. The summed E-state index contributed by atoms with van der Waals surface area (Å²) in [6.45, 7) is 3.80. The van der Waals surface area contributed by atoms with Crippen LogP contribution < -0.4 is 5.32 Å². The summed E-state index contributed by atoms with van der Waals surface area (Å²) in [5.41, 5.74) is 0. The predicted molar refractivity (Wildman–Crippen MR) is 39.0 cm³/mol. The van der Waals surface area contributed by atoms with Gasteiger partial charge >= 0.3 is 0 Å². The van der Waals surface area contributed by atoms with Crippen molar-refractivity contribution >= 4 is 0 Å². The van der Waals surface area contributed by atoms with Crippen LogP contribution in [0.5, 0.6) is 0 Å². The maximum Gasteiger partial charge on any atom is 0.183 e. The first-order valence-electron chi connectivity index (χ1n) is 3.08. The van der Waals surface area contributed by atoms with E-state index in [9.17, 15) is 0 Å². The smallest absolute Gasteiger partial charge is 0.183 e. The molecule has 52 valence electrons. The normalized spacial score (nSPS) is 12.4. The van der Waals surface area contributed by atoms with E-state index in [2.05, 4.69) is 5.32 Å². The Labute approximate surface area is 55.9 Å². The highest BCUT2D eigenvalue weighted by molar-refractivity contribution is 4.92. The lowest BCUT2D eigenvalue weighted by atomic mass is 10.5. The highest BCUT2D eigenvalue weighted by Crippen LogP contribution is 1.81. The molecule has 9 heavy (non-hydrogen) atoms. The molecule has 0 aliphatic carbocycles. The Morgan fingerprint density at radius 1 is 1.67 bits per heavy atom. The zero-order valence-electron chi connectivity index (χ0n) is 5.89. The zero-order chi connectivity index (χ0) is 7.11. The van der Waals surface area contributed by atoms with Crippen molar-refractivity contribution in [1.82, 2.24) is 5.32 Å². The summed E-state index contributed by atoms with van der Waals surface area (Å²) in [5, 5.41) is 11.5. The van der Waals surface area contributed by atoms with Crippen LogP contribution in [0.4, 0.5) is 0 Å². The van der Waals surface area contributed by atoms with Crippen LogP contribution in [0.1, 0.15) is 20.3 Å². The molecule has 0 bridgehead atoms. The minimum Gasteiger partial charge on any atom is -0.495 e. The van der Waals surface area contributed by atoms with Gasteiger partial charge in [-0.2, -0.15) is 0 Å². The van der Waals surface area contributed by atoms with Crippen LogP contribution in [0.3, 0.4) is 0 Å². The van der Waals surface area contributed by atoms with Crippen molar-refractivity contribution in [2.45, 2.75) is 20.3 Å². The standard InChI is InChI=1S/C7H13NO/c1-3-5-6-8-7(9)4-2/h4-6,8-9H,3H2,1-2H3. The molecule has 0 saturated carbocycles. The zero-order valence-corrected chi connectivity index (χ0v) is 5.89. The van der Waals surface area contributed by atoms with Crippen LogP contribution in [-0.2, 0) is 0 Å². The number of nitrogens with one attached hydrogen (secondary N) is 1. The van der Waals surface area contributed by atoms with Gasteiger partial charge in [-0.05, 0) is 25.6 Å². The maximum absolute atomic E-state index is 8.78. The van der Waals surface area contributed by atoms with Gasteiger partial charge in [-0.25, -0.2) is 0 Å². The van der Waals surface area contributed by atoms with Crippen molar-refractivity contribution in [2.24, 2.45) is 0 Å². The largest absolute Gasteiger partial charge is 0.495 e. The summed E-state index contributed by atoms with van der Waals surface area (Å²) in [6.07, 6.45) is 6.22. The summed E-state index contributed by atoms with van der Waals surface area (Å²) >= 11 is 0. The van der Waals surface area contributed by atoms with E-state index in [1.165, 1.54) is 0 Å². The van der Waals surface area contributed by atoms with Gasteiger partial charge in [0, 0.05) is 0 Å². The van der Waals surface area contributed by atoms with Crippen molar-refractivity contribution in [2.75, 3.05) is 0 Å². The SMILES string of the molecule is CC=C(O)NC=CCC. The summed E-state index contributed by atoms with van der Waals surface area (Å²) in [5.74, 6) is 0.194. The number of aliphatic hydroxyl groups excluding tert-OH is 1. The third kappa shape index (κ3) is 4.94.